The minimum atomic E-state index is -0.0953. The van der Waals surface area contributed by atoms with Crippen LogP contribution in [0.3, 0.4) is 0 Å². The molecule has 1 heterocycles. The third-order valence-electron chi connectivity index (χ3n) is 3.47. The SMILES string of the molecule is O=C(CBr)c1cc(-c2ccc(Cl)c(Cl)c2)nc2c(Cl)cc(Cl)cc12. The molecule has 2 nitrogen and oxygen atoms in total. The van der Waals surface area contributed by atoms with E-state index < -0.39 is 0 Å². The molecule has 0 aliphatic rings. The normalized spacial score (nSPS) is 11.0. The van der Waals surface area contributed by atoms with Crippen molar-refractivity contribution in [3.8, 4) is 11.3 Å². The van der Waals surface area contributed by atoms with Crippen LogP contribution in [0.2, 0.25) is 20.1 Å². The van der Waals surface area contributed by atoms with Gasteiger partial charge in [-0.25, -0.2) is 4.98 Å². The molecule has 0 bridgehead atoms. The van der Waals surface area contributed by atoms with E-state index in [2.05, 4.69) is 20.9 Å². The van der Waals surface area contributed by atoms with E-state index in [1.165, 1.54) is 0 Å². The number of hydrogen-bond donors (Lipinski definition) is 0. The molecule has 122 valence electrons. The summed E-state index contributed by atoms with van der Waals surface area (Å²) < 4.78 is 0. The highest BCUT2D eigenvalue weighted by atomic mass is 79.9. The molecule has 0 unspecified atom stereocenters. The fourth-order valence-electron chi connectivity index (χ4n) is 2.36. The highest BCUT2D eigenvalue weighted by molar-refractivity contribution is 9.09. The molecule has 7 heteroatoms. The molecule has 0 spiro atoms. The summed E-state index contributed by atoms with van der Waals surface area (Å²) >= 11 is 27.6. The van der Waals surface area contributed by atoms with E-state index in [1.807, 2.05) is 0 Å². The molecular weight excluding hydrogens is 456 g/mol. The molecular formula is C17H8BrCl4NO. The molecule has 3 rings (SSSR count). The number of Topliss-reactive ketones (excluding diaryl/α,β-unsaturated/α-hetero) is 1. The zero-order valence-corrected chi connectivity index (χ0v) is 16.5. The van der Waals surface area contributed by atoms with Gasteiger partial charge in [0.1, 0.15) is 0 Å². The van der Waals surface area contributed by atoms with Crippen LogP contribution in [0, 0.1) is 0 Å². The number of benzene rings is 2. The lowest BCUT2D eigenvalue weighted by molar-refractivity contribution is 0.102. The van der Waals surface area contributed by atoms with Crippen LogP contribution in [-0.4, -0.2) is 16.1 Å². The maximum absolute atomic E-state index is 12.3. The minimum Gasteiger partial charge on any atom is -0.293 e. The van der Waals surface area contributed by atoms with Gasteiger partial charge in [-0.3, -0.25) is 4.79 Å². The number of carbonyl (C=O) groups excluding carboxylic acids is 1. The van der Waals surface area contributed by atoms with Gasteiger partial charge in [0.05, 0.1) is 31.6 Å². The van der Waals surface area contributed by atoms with Crippen molar-refractivity contribution in [2.24, 2.45) is 0 Å². The number of fused-ring (bicyclic) bond motifs is 1. The number of carbonyl (C=O) groups is 1. The second-order valence-electron chi connectivity index (χ2n) is 5.02. The summed E-state index contributed by atoms with van der Waals surface area (Å²) in [7, 11) is 0. The molecule has 0 N–H and O–H groups in total. The van der Waals surface area contributed by atoms with Crippen LogP contribution in [-0.2, 0) is 0 Å². The summed E-state index contributed by atoms with van der Waals surface area (Å²) in [5.41, 5.74) is 2.31. The fraction of sp³-hybridized carbons (Fsp3) is 0.0588. The lowest BCUT2D eigenvalue weighted by atomic mass is 10.0. The Hall–Kier alpha value is -0.840. The molecule has 24 heavy (non-hydrogen) atoms. The Morgan fingerprint density at radius 2 is 1.71 bits per heavy atom. The fourth-order valence-corrected chi connectivity index (χ4v) is 3.49. The van der Waals surface area contributed by atoms with Gasteiger partial charge < -0.3 is 0 Å². The molecule has 0 fully saturated rings. The third-order valence-corrected chi connectivity index (χ3v) is 5.22. The number of nitrogens with zero attached hydrogens (tertiary/aromatic N) is 1. The van der Waals surface area contributed by atoms with Gasteiger partial charge in [0.25, 0.3) is 0 Å². The summed E-state index contributed by atoms with van der Waals surface area (Å²) in [4.78, 5) is 16.9. The topological polar surface area (TPSA) is 30.0 Å². The maximum Gasteiger partial charge on any atom is 0.174 e. The Labute approximate surface area is 166 Å². The molecule has 0 amide bonds. The number of ketones is 1. The van der Waals surface area contributed by atoms with E-state index in [0.29, 0.717) is 42.3 Å². The minimum absolute atomic E-state index is 0.0953. The first kappa shape index (κ1) is 18.0. The smallest absolute Gasteiger partial charge is 0.174 e. The lowest BCUT2D eigenvalue weighted by Crippen LogP contribution is -2.03. The predicted molar refractivity (Wildman–Crippen MR) is 105 cm³/mol. The molecule has 0 radical (unpaired) electrons. The molecule has 0 aliphatic carbocycles. The summed E-state index contributed by atoms with van der Waals surface area (Å²) in [6.07, 6.45) is 0. The van der Waals surface area contributed by atoms with Crippen LogP contribution in [0.5, 0.6) is 0 Å². The Kier molecular flexibility index (Phi) is 5.38. The molecule has 0 saturated carbocycles. The van der Waals surface area contributed by atoms with Crippen molar-refractivity contribution < 1.29 is 4.79 Å². The van der Waals surface area contributed by atoms with Gasteiger partial charge in [-0.15, -0.1) is 0 Å². The van der Waals surface area contributed by atoms with E-state index >= 15 is 0 Å². The van der Waals surface area contributed by atoms with Gasteiger partial charge in [-0.05, 0) is 30.3 Å². The van der Waals surface area contributed by atoms with Crippen molar-refractivity contribution in [3.05, 3.63) is 62.1 Å². The van der Waals surface area contributed by atoms with E-state index in [-0.39, 0.29) is 11.1 Å². The summed E-state index contributed by atoms with van der Waals surface area (Å²) in [6.45, 7) is 0. The number of halogens is 5. The van der Waals surface area contributed by atoms with Crippen molar-refractivity contribution in [1.29, 1.82) is 0 Å². The van der Waals surface area contributed by atoms with Crippen LogP contribution in [0.25, 0.3) is 22.2 Å². The zero-order valence-electron chi connectivity index (χ0n) is 11.9. The standard InChI is InChI=1S/C17H8BrCl4NO/c18-7-16(24)10-6-15(8-1-2-12(20)13(21)3-8)23-17-11(10)4-9(19)5-14(17)22/h1-6H,7H2. The predicted octanol–water partition coefficient (Wildman–Crippen LogP) is 7.09. The molecule has 1 aromatic heterocycles. The molecule has 2 aromatic carbocycles. The highest BCUT2D eigenvalue weighted by Crippen LogP contribution is 2.34. The number of alkyl halides is 1. The van der Waals surface area contributed by atoms with Crippen LogP contribution in [0.4, 0.5) is 0 Å². The number of hydrogen-bond acceptors (Lipinski definition) is 2. The summed E-state index contributed by atoms with van der Waals surface area (Å²) in [6, 6.07) is 10.2. The zero-order chi connectivity index (χ0) is 17.4. The number of aromatic nitrogens is 1. The molecule has 0 atom stereocenters. The van der Waals surface area contributed by atoms with Crippen LogP contribution in [0.15, 0.2) is 36.4 Å². The van der Waals surface area contributed by atoms with Crippen LogP contribution < -0.4 is 0 Å². The Morgan fingerprint density at radius 1 is 0.958 bits per heavy atom. The molecule has 3 aromatic rings. The van der Waals surface area contributed by atoms with E-state index in [0.717, 1.165) is 5.56 Å². The van der Waals surface area contributed by atoms with Crippen LogP contribution in [0.1, 0.15) is 10.4 Å². The van der Waals surface area contributed by atoms with E-state index in [9.17, 15) is 4.79 Å². The largest absolute Gasteiger partial charge is 0.293 e. The van der Waals surface area contributed by atoms with Crippen molar-refractivity contribution in [1.82, 2.24) is 4.98 Å². The Bertz CT molecular complexity index is 974. The Morgan fingerprint density at radius 3 is 2.38 bits per heavy atom. The third kappa shape index (κ3) is 3.42. The van der Waals surface area contributed by atoms with E-state index in [4.69, 9.17) is 46.4 Å². The summed E-state index contributed by atoms with van der Waals surface area (Å²) in [5.74, 6) is -0.0953. The van der Waals surface area contributed by atoms with Gasteiger partial charge in [0.2, 0.25) is 0 Å². The van der Waals surface area contributed by atoms with Crippen molar-refractivity contribution in [2.75, 3.05) is 5.33 Å². The van der Waals surface area contributed by atoms with Gasteiger partial charge in [0.15, 0.2) is 5.78 Å². The Balaban J connectivity index is 2.34. The first-order chi connectivity index (χ1) is 11.4. The van der Waals surface area contributed by atoms with Gasteiger partial charge in [0, 0.05) is 21.5 Å². The van der Waals surface area contributed by atoms with Gasteiger partial charge in [-0.2, -0.15) is 0 Å². The summed E-state index contributed by atoms with van der Waals surface area (Å²) in [5, 5.41) is 2.47. The highest BCUT2D eigenvalue weighted by Gasteiger charge is 2.16. The van der Waals surface area contributed by atoms with Crippen LogP contribution >= 0.6 is 62.3 Å². The van der Waals surface area contributed by atoms with Gasteiger partial charge >= 0.3 is 0 Å². The van der Waals surface area contributed by atoms with Gasteiger partial charge in [-0.1, -0.05) is 68.4 Å². The second kappa shape index (κ2) is 7.19. The second-order valence-corrected chi connectivity index (χ2v) is 7.24. The van der Waals surface area contributed by atoms with Crippen molar-refractivity contribution in [2.45, 2.75) is 0 Å². The number of pyridine rings is 1. The average Bonchev–Trinajstić information content (AvgIpc) is 2.56. The number of rotatable bonds is 3. The maximum atomic E-state index is 12.3. The molecule has 0 saturated heterocycles. The lowest BCUT2D eigenvalue weighted by Gasteiger charge is -2.11. The average molecular weight is 464 g/mol. The quantitative estimate of drug-likeness (QED) is 0.306. The molecule has 0 aliphatic heterocycles. The first-order valence-electron chi connectivity index (χ1n) is 6.75. The van der Waals surface area contributed by atoms with Crippen molar-refractivity contribution in [3.63, 3.8) is 0 Å². The monoisotopic (exact) mass is 461 g/mol. The van der Waals surface area contributed by atoms with E-state index in [1.54, 1.807) is 36.4 Å². The van der Waals surface area contributed by atoms with Crippen molar-refractivity contribution >= 4 is 79.0 Å². The first-order valence-corrected chi connectivity index (χ1v) is 9.38.